The zero-order valence-corrected chi connectivity index (χ0v) is 17.1. The van der Waals surface area contributed by atoms with Crippen molar-refractivity contribution in [3.63, 3.8) is 0 Å². The highest BCUT2D eigenvalue weighted by molar-refractivity contribution is 6.34. The van der Waals surface area contributed by atoms with Gasteiger partial charge in [0, 0.05) is 47.8 Å². The van der Waals surface area contributed by atoms with Crippen molar-refractivity contribution in [3.8, 4) is 0 Å². The Morgan fingerprint density at radius 2 is 1.93 bits per heavy atom. The minimum absolute atomic E-state index is 0.101. The Hall–Kier alpha value is -3.18. The summed E-state index contributed by atoms with van der Waals surface area (Å²) in [4.78, 5) is 19.2. The average Bonchev–Trinajstić information content (AvgIpc) is 3.02. The molecule has 2 aromatic carbocycles. The minimum Gasteiger partial charge on any atom is -0.361 e. The van der Waals surface area contributed by atoms with Crippen LogP contribution in [0.3, 0.4) is 0 Å². The van der Waals surface area contributed by atoms with Crippen molar-refractivity contribution in [3.05, 3.63) is 72.1 Å². The van der Waals surface area contributed by atoms with Crippen molar-refractivity contribution < 1.29 is 4.79 Å². The molecular weight excluding hydrogens is 360 g/mol. The molecule has 0 radical (unpaired) electrons. The molecule has 5 nitrogen and oxygen atoms in total. The third kappa shape index (κ3) is 4.15. The van der Waals surface area contributed by atoms with Crippen LogP contribution in [0.4, 0.5) is 11.4 Å². The molecule has 0 aliphatic carbocycles. The van der Waals surface area contributed by atoms with E-state index in [9.17, 15) is 4.79 Å². The number of aromatic nitrogens is 1. The quantitative estimate of drug-likeness (QED) is 0.602. The van der Waals surface area contributed by atoms with Crippen LogP contribution >= 0.6 is 0 Å². The lowest BCUT2D eigenvalue weighted by molar-refractivity contribution is -0.110. The van der Waals surface area contributed by atoms with E-state index in [1.807, 2.05) is 36.4 Å². The summed E-state index contributed by atoms with van der Waals surface area (Å²) in [6, 6.07) is 16.1. The van der Waals surface area contributed by atoms with Crippen molar-refractivity contribution in [2.45, 2.75) is 20.4 Å². The number of hydrogen-bond acceptors (Lipinski definition) is 4. The standard InChI is InChI=1S/C24H26N4O/c1-16(2)14-28(3)15-17-6-8-18(9-7-17)26-13-20-23-19-5-4-12-25-21(19)10-11-22(23)27-24(20)29/h4-13,16,26H,14-15H2,1-3H3,(H,27,29)/b20-13-. The van der Waals surface area contributed by atoms with Gasteiger partial charge in [-0.3, -0.25) is 9.78 Å². The van der Waals surface area contributed by atoms with Gasteiger partial charge in [0.15, 0.2) is 0 Å². The monoisotopic (exact) mass is 386 g/mol. The largest absolute Gasteiger partial charge is 0.361 e. The fraction of sp³-hybridized carbons (Fsp3) is 0.250. The van der Waals surface area contributed by atoms with Crippen molar-refractivity contribution in [1.82, 2.24) is 9.88 Å². The van der Waals surface area contributed by atoms with E-state index in [-0.39, 0.29) is 5.91 Å². The number of benzene rings is 2. The predicted octanol–water partition coefficient (Wildman–Crippen LogP) is 4.73. The first kappa shape index (κ1) is 19.2. The minimum atomic E-state index is -0.101. The number of nitrogens with one attached hydrogen (secondary N) is 2. The summed E-state index contributed by atoms with van der Waals surface area (Å²) in [7, 11) is 2.14. The molecule has 3 aromatic rings. The lowest BCUT2D eigenvalue weighted by Crippen LogP contribution is -2.22. The third-order valence-corrected chi connectivity index (χ3v) is 5.01. The van der Waals surface area contributed by atoms with Gasteiger partial charge in [-0.15, -0.1) is 0 Å². The Kier molecular flexibility index (Phi) is 5.32. The van der Waals surface area contributed by atoms with E-state index >= 15 is 0 Å². The summed E-state index contributed by atoms with van der Waals surface area (Å²) in [6.45, 7) is 6.46. The number of carbonyl (C=O) groups excluding carboxylic acids is 1. The number of rotatable bonds is 6. The SMILES string of the molecule is CC(C)CN(C)Cc1ccc(N/C=C2\C(=O)Nc3ccc4ncccc4c32)cc1. The van der Waals surface area contributed by atoms with Gasteiger partial charge in [-0.05, 0) is 48.9 Å². The maximum atomic E-state index is 12.5. The van der Waals surface area contributed by atoms with Gasteiger partial charge in [0.25, 0.3) is 5.91 Å². The normalized spacial score (nSPS) is 14.7. The number of nitrogens with zero attached hydrogens (tertiary/aromatic N) is 2. The Labute approximate surface area is 171 Å². The Morgan fingerprint density at radius 3 is 2.69 bits per heavy atom. The van der Waals surface area contributed by atoms with Crippen LogP contribution in [0.25, 0.3) is 16.5 Å². The highest BCUT2D eigenvalue weighted by atomic mass is 16.2. The van der Waals surface area contributed by atoms with Crippen LogP contribution in [0, 0.1) is 5.92 Å². The highest BCUT2D eigenvalue weighted by Gasteiger charge is 2.26. The third-order valence-electron chi connectivity index (χ3n) is 5.01. The van der Waals surface area contributed by atoms with Crippen LogP contribution in [0.1, 0.15) is 25.0 Å². The maximum absolute atomic E-state index is 12.5. The number of carbonyl (C=O) groups is 1. The average molecular weight is 386 g/mol. The van der Waals surface area contributed by atoms with Crippen molar-refractivity contribution in [2.24, 2.45) is 5.92 Å². The summed E-state index contributed by atoms with van der Waals surface area (Å²) in [6.07, 6.45) is 3.55. The molecule has 1 amide bonds. The molecule has 148 valence electrons. The highest BCUT2D eigenvalue weighted by Crippen LogP contribution is 2.37. The maximum Gasteiger partial charge on any atom is 0.257 e. The smallest absolute Gasteiger partial charge is 0.257 e. The van der Waals surface area contributed by atoms with E-state index in [2.05, 4.69) is 53.5 Å². The lowest BCUT2D eigenvalue weighted by Gasteiger charge is -2.19. The number of hydrogen-bond donors (Lipinski definition) is 2. The number of amides is 1. The van der Waals surface area contributed by atoms with E-state index in [1.54, 1.807) is 12.4 Å². The molecule has 0 atom stereocenters. The van der Waals surface area contributed by atoms with Crippen LogP contribution in [-0.2, 0) is 11.3 Å². The van der Waals surface area contributed by atoms with E-state index in [0.29, 0.717) is 11.5 Å². The lowest BCUT2D eigenvalue weighted by atomic mass is 10.0. The zero-order chi connectivity index (χ0) is 20.4. The molecule has 0 unspecified atom stereocenters. The molecule has 4 rings (SSSR count). The number of fused-ring (bicyclic) bond motifs is 3. The zero-order valence-electron chi connectivity index (χ0n) is 17.1. The first-order chi connectivity index (χ1) is 14.0. The summed E-state index contributed by atoms with van der Waals surface area (Å²) >= 11 is 0. The molecular formula is C24H26N4O. The molecule has 0 bridgehead atoms. The summed E-state index contributed by atoms with van der Waals surface area (Å²) in [5.41, 5.74) is 5.45. The molecule has 1 aliphatic rings. The Morgan fingerprint density at radius 1 is 1.14 bits per heavy atom. The fourth-order valence-electron chi connectivity index (χ4n) is 3.85. The first-order valence-electron chi connectivity index (χ1n) is 9.95. The molecule has 0 spiro atoms. The van der Waals surface area contributed by atoms with Gasteiger partial charge in [-0.1, -0.05) is 32.0 Å². The van der Waals surface area contributed by atoms with Gasteiger partial charge >= 0.3 is 0 Å². The van der Waals surface area contributed by atoms with Gasteiger partial charge < -0.3 is 15.5 Å². The van der Waals surface area contributed by atoms with Gasteiger partial charge in [0.2, 0.25) is 0 Å². The van der Waals surface area contributed by atoms with E-state index in [4.69, 9.17) is 0 Å². The van der Waals surface area contributed by atoms with Gasteiger partial charge in [-0.2, -0.15) is 0 Å². The van der Waals surface area contributed by atoms with Crippen molar-refractivity contribution >= 4 is 33.8 Å². The topological polar surface area (TPSA) is 57.3 Å². The molecule has 29 heavy (non-hydrogen) atoms. The summed E-state index contributed by atoms with van der Waals surface area (Å²) in [5.74, 6) is 0.551. The number of pyridine rings is 1. The van der Waals surface area contributed by atoms with Gasteiger partial charge in [0.1, 0.15) is 0 Å². The predicted molar refractivity (Wildman–Crippen MR) is 120 cm³/mol. The molecule has 1 aliphatic heterocycles. The summed E-state index contributed by atoms with van der Waals surface area (Å²) < 4.78 is 0. The van der Waals surface area contributed by atoms with E-state index in [0.717, 1.165) is 40.9 Å². The molecule has 2 N–H and O–H groups in total. The molecule has 5 heteroatoms. The van der Waals surface area contributed by atoms with Crippen molar-refractivity contribution in [2.75, 3.05) is 24.2 Å². The van der Waals surface area contributed by atoms with Gasteiger partial charge in [-0.25, -0.2) is 0 Å². The second-order valence-corrected chi connectivity index (χ2v) is 8.00. The molecule has 0 saturated heterocycles. The molecule has 0 fully saturated rings. The van der Waals surface area contributed by atoms with Crippen LogP contribution in [0.2, 0.25) is 0 Å². The van der Waals surface area contributed by atoms with E-state index in [1.165, 1.54) is 5.56 Å². The second-order valence-electron chi connectivity index (χ2n) is 8.00. The summed E-state index contributed by atoms with van der Waals surface area (Å²) in [5, 5.41) is 7.19. The van der Waals surface area contributed by atoms with Crippen LogP contribution < -0.4 is 10.6 Å². The molecule has 2 heterocycles. The van der Waals surface area contributed by atoms with Gasteiger partial charge in [0.05, 0.1) is 11.1 Å². The van der Waals surface area contributed by atoms with Crippen molar-refractivity contribution in [1.29, 1.82) is 0 Å². The van der Waals surface area contributed by atoms with Crippen LogP contribution in [0.15, 0.2) is 60.9 Å². The van der Waals surface area contributed by atoms with E-state index < -0.39 is 0 Å². The number of anilines is 2. The van der Waals surface area contributed by atoms with Crippen LogP contribution in [0.5, 0.6) is 0 Å². The Bertz CT molecular complexity index is 1070. The fourth-order valence-corrected chi connectivity index (χ4v) is 3.85. The molecule has 1 aromatic heterocycles. The Balaban J connectivity index is 1.53. The second kappa shape index (κ2) is 8.05. The first-order valence-corrected chi connectivity index (χ1v) is 9.95. The van der Waals surface area contributed by atoms with Crippen LogP contribution in [-0.4, -0.2) is 29.4 Å². The molecule has 0 saturated carbocycles.